The monoisotopic (exact) mass is 266 g/mol. The van der Waals surface area contributed by atoms with Crippen LogP contribution in [-0.4, -0.2) is 22.5 Å². The lowest BCUT2D eigenvalue weighted by Crippen LogP contribution is -2.27. The molecule has 2 heterocycles. The second-order valence-electron chi connectivity index (χ2n) is 3.75. The summed E-state index contributed by atoms with van der Waals surface area (Å²) in [5.41, 5.74) is -0.762. The van der Waals surface area contributed by atoms with Crippen LogP contribution in [0.3, 0.4) is 0 Å². The van der Waals surface area contributed by atoms with Crippen LogP contribution in [0.1, 0.15) is 12.8 Å². The largest absolute Gasteiger partial charge is 0.376 e. The number of halogens is 4. The maximum Gasteiger partial charge on any atom is 0.253 e. The molecule has 0 aliphatic carbocycles. The zero-order valence-corrected chi connectivity index (χ0v) is 9.59. The fourth-order valence-electron chi connectivity index (χ4n) is 1.67. The molecule has 0 saturated carbocycles. The SMILES string of the molecule is Fc1nc(F)c(F)c(NC2CCCSC2)c1F. The molecule has 0 radical (unpaired) electrons. The molecule has 0 spiro atoms. The van der Waals surface area contributed by atoms with Gasteiger partial charge in [0.05, 0.1) is 0 Å². The quantitative estimate of drug-likeness (QED) is 0.658. The second-order valence-corrected chi connectivity index (χ2v) is 4.90. The number of thioether (sulfide) groups is 1. The second kappa shape index (κ2) is 5.12. The third kappa shape index (κ3) is 2.65. The molecule has 7 heteroatoms. The topological polar surface area (TPSA) is 24.9 Å². The van der Waals surface area contributed by atoms with Gasteiger partial charge in [-0.1, -0.05) is 0 Å². The van der Waals surface area contributed by atoms with Crippen LogP contribution >= 0.6 is 11.8 Å². The molecule has 0 bridgehead atoms. The van der Waals surface area contributed by atoms with Crippen molar-refractivity contribution in [1.82, 2.24) is 4.98 Å². The molecule has 0 amide bonds. The Hall–Kier alpha value is -0.980. The van der Waals surface area contributed by atoms with E-state index in [1.54, 1.807) is 11.8 Å². The third-order valence-electron chi connectivity index (χ3n) is 2.51. The molecule has 17 heavy (non-hydrogen) atoms. The Kier molecular flexibility index (Phi) is 3.76. The molecule has 1 aliphatic rings. The molecule has 1 N–H and O–H groups in total. The van der Waals surface area contributed by atoms with Gasteiger partial charge < -0.3 is 5.32 Å². The van der Waals surface area contributed by atoms with Gasteiger partial charge in [-0.25, -0.2) is 0 Å². The van der Waals surface area contributed by atoms with E-state index in [2.05, 4.69) is 10.3 Å². The van der Waals surface area contributed by atoms with E-state index in [0.29, 0.717) is 5.75 Å². The van der Waals surface area contributed by atoms with Crippen LogP contribution in [-0.2, 0) is 0 Å². The van der Waals surface area contributed by atoms with E-state index < -0.39 is 29.2 Å². The number of rotatable bonds is 2. The first kappa shape index (κ1) is 12.5. The number of pyridine rings is 1. The van der Waals surface area contributed by atoms with Gasteiger partial charge in [-0.2, -0.15) is 34.3 Å². The standard InChI is InChI=1S/C10H10F4N2S/c11-6-8(7(12)10(14)16-9(6)13)15-5-2-1-3-17-4-5/h5H,1-4H2,(H,15,16). The van der Waals surface area contributed by atoms with Crippen molar-refractivity contribution in [2.75, 3.05) is 16.8 Å². The molecule has 94 valence electrons. The van der Waals surface area contributed by atoms with Gasteiger partial charge in [0, 0.05) is 11.8 Å². The summed E-state index contributed by atoms with van der Waals surface area (Å²) in [6.07, 6.45) is 1.62. The van der Waals surface area contributed by atoms with Crippen LogP contribution in [0, 0.1) is 23.5 Å². The van der Waals surface area contributed by atoms with Crippen LogP contribution in [0.15, 0.2) is 0 Å². The summed E-state index contributed by atoms with van der Waals surface area (Å²) in [4.78, 5) is 2.50. The molecule has 2 rings (SSSR count). The Labute approximate surface area is 99.8 Å². The molecular weight excluding hydrogens is 256 g/mol. The Morgan fingerprint density at radius 1 is 1.12 bits per heavy atom. The predicted molar refractivity (Wildman–Crippen MR) is 58.0 cm³/mol. The van der Waals surface area contributed by atoms with Crippen molar-refractivity contribution in [2.24, 2.45) is 0 Å². The van der Waals surface area contributed by atoms with Crippen LogP contribution < -0.4 is 5.32 Å². The molecule has 1 aromatic rings. The Bertz CT molecular complexity index is 395. The van der Waals surface area contributed by atoms with Gasteiger partial charge in [-0.05, 0) is 18.6 Å². The van der Waals surface area contributed by atoms with Crippen molar-refractivity contribution < 1.29 is 17.6 Å². The molecule has 1 unspecified atom stereocenters. The van der Waals surface area contributed by atoms with Gasteiger partial charge in [-0.3, -0.25) is 0 Å². The van der Waals surface area contributed by atoms with E-state index in [1.807, 2.05) is 0 Å². The van der Waals surface area contributed by atoms with Crippen molar-refractivity contribution >= 4 is 17.4 Å². The van der Waals surface area contributed by atoms with Gasteiger partial charge in [0.25, 0.3) is 11.9 Å². The van der Waals surface area contributed by atoms with Gasteiger partial charge >= 0.3 is 0 Å². The average molecular weight is 266 g/mol. The summed E-state index contributed by atoms with van der Waals surface area (Å²) in [5.74, 6) is -4.56. The lowest BCUT2D eigenvalue weighted by molar-refractivity contribution is 0.409. The lowest BCUT2D eigenvalue weighted by Gasteiger charge is -2.23. The average Bonchev–Trinajstić information content (AvgIpc) is 2.33. The molecule has 0 aromatic carbocycles. The van der Waals surface area contributed by atoms with Crippen LogP contribution in [0.25, 0.3) is 0 Å². The van der Waals surface area contributed by atoms with Crippen LogP contribution in [0.4, 0.5) is 23.2 Å². The summed E-state index contributed by atoms with van der Waals surface area (Å²) < 4.78 is 52.2. The zero-order chi connectivity index (χ0) is 12.4. The molecule has 1 fully saturated rings. The smallest absolute Gasteiger partial charge is 0.253 e. The first-order valence-electron chi connectivity index (χ1n) is 5.14. The van der Waals surface area contributed by atoms with Gasteiger partial charge in [0.1, 0.15) is 5.69 Å². The van der Waals surface area contributed by atoms with Crippen molar-refractivity contribution in [2.45, 2.75) is 18.9 Å². The summed E-state index contributed by atoms with van der Waals surface area (Å²) in [6, 6.07) is -0.182. The van der Waals surface area contributed by atoms with Gasteiger partial charge in [-0.15, -0.1) is 0 Å². The highest BCUT2D eigenvalue weighted by atomic mass is 32.2. The van der Waals surface area contributed by atoms with Gasteiger partial charge in [0.2, 0.25) is 11.6 Å². The van der Waals surface area contributed by atoms with Crippen molar-refractivity contribution in [3.8, 4) is 0 Å². The molecule has 1 aliphatic heterocycles. The highest BCUT2D eigenvalue weighted by molar-refractivity contribution is 7.99. The number of hydrogen-bond acceptors (Lipinski definition) is 3. The molecule has 1 aromatic heterocycles. The minimum Gasteiger partial charge on any atom is -0.376 e. The molecule has 1 saturated heterocycles. The van der Waals surface area contributed by atoms with Crippen molar-refractivity contribution in [3.05, 3.63) is 23.5 Å². The van der Waals surface area contributed by atoms with E-state index in [9.17, 15) is 17.6 Å². The maximum absolute atomic E-state index is 13.3. The van der Waals surface area contributed by atoms with Crippen molar-refractivity contribution in [3.63, 3.8) is 0 Å². The summed E-state index contributed by atoms with van der Waals surface area (Å²) in [5, 5.41) is 2.51. The third-order valence-corrected chi connectivity index (χ3v) is 3.72. The molecule has 2 nitrogen and oxygen atoms in total. The van der Waals surface area contributed by atoms with E-state index >= 15 is 0 Å². The number of hydrogen-bond donors (Lipinski definition) is 1. The Balaban J connectivity index is 2.24. The number of anilines is 1. The number of aromatic nitrogens is 1. The lowest BCUT2D eigenvalue weighted by atomic mass is 10.2. The number of nitrogens with zero attached hydrogens (tertiary/aromatic N) is 1. The van der Waals surface area contributed by atoms with E-state index in [4.69, 9.17) is 0 Å². The fourth-order valence-corrected chi connectivity index (χ4v) is 2.74. The predicted octanol–water partition coefficient (Wildman–Crippen LogP) is 2.95. The minimum atomic E-state index is -1.63. The van der Waals surface area contributed by atoms with Gasteiger partial charge in [0.15, 0.2) is 0 Å². The zero-order valence-electron chi connectivity index (χ0n) is 8.77. The van der Waals surface area contributed by atoms with E-state index in [1.165, 1.54) is 0 Å². The number of nitrogens with one attached hydrogen (secondary N) is 1. The van der Waals surface area contributed by atoms with Crippen molar-refractivity contribution in [1.29, 1.82) is 0 Å². The first-order chi connectivity index (χ1) is 8.09. The highest BCUT2D eigenvalue weighted by Crippen LogP contribution is 2.26. The Morgan fingerprint density at radius 2 is 1.76 bits per heavy atom. The molecular formula is C10H10F4N2S. The first-order valence-corrected chi connectivity index (χ1v) is 6.29. The minimum absolute atomic E-state index is 0.182. The fraction of sp³-hybridized carbons (Fsp3) is 0.500. The summed E-state index contributed by atoms with van der Waals surface area (Å²) in [7, 11) is 0. The highest BCUT2D eigenvalue weighted by Gasteiger charge is 2.23. The van der Waals surface area contributed by atoms with Crippen LogP contribution in [0.2, 0.25) is 0 Å². The Morgan fingerprint density at radius 3 is 2.29 bits per heavy atom. The summed E-state index contributed by atoms with van der Waals surface area (Å²) >= 11 is 1.63. The van der Waals surface area contributed by atoms with E-state index in [0.717, 1.165) is 18.6 Å². The molecule has 1 atom stereocenters. The normalized spacial score (nSPS) is 20.4. The maximum atomic E-state index is 13.3. The van der Waals surface area contributed by atoms with Crippen LogP contribution in [0.5, 0.6) is 0 Å². The summed E-state index contributed by atoms with van der Waals surface area (Å²) in [6.45, 7) is 0. The van der Waals surface area contributed by atoms with E-state index in [-0.39, 0.29) is 6.04 Å².